The maximum absolute atomic E-state index is 5.87. The third-order valence-corrected chi connectivity index (χ3v) is 3.24. The highest BCUT2D eigenvalue weighted by atomic mass is 16.5. The van der Waals surface area contributed by atoms with E-state index >= 15 is 0 Å². The van der Waals surface area contributed by atoms with Crippen molar-refractivity contribution < 1.29 is 4.74 Å². The van der Waals surface area contributed by atoms with Crippen molar-refractivity contribution in [3.63, 3.8) is 0 Å². The van der Waals surface area contributed by atoms with Crippen molar-refractivity contribution in [2.24, 2.45) is 0 Å². The molecule has 0 fully saturated rings. The van der Waals surface area contributed by atoms with Gasteiger partial charge in [-0.05, 0) is 13.8 Å². The van der Waals surface area contributed by atoms with Gasteiger partial charge in [0, 0.05) is 24.1 Å². The zero-order valence-corrected chi connectivity index (χ0v) is 10.2. The van der Waals surface area contributed by atoms with E-state index in [1.807, 2.05) is 22.9 Å². The van der Waals surface area contributed by atoms with Crippen molar-refractivity contribution in [2.45, 2.75) is 32.9 Å². The maximum atomic E-state index is 5.87. The topological polar surface area (TPSA) is 27.1 Å². The van der Waals surface area contributed by atoms with Crippen LogP contribution in [0.2, 0.25) is 0 Å². The van der Waals surface area contributed by atoms with E-state index in [0.717, 1.165) is 35.7 Å². The number of ether oxygens (including phenoxy) is 1. The van der Waals surface area contributed by atoms with Gasteiger partial charge in [0.2, 0.25) is 5.88 Å². The normalized spacial score (nSPS) is 18.6. The van der Waals surface area contributed by atoms with Crippen LogP contribution in [0.4, 0.5) is 0 Å². The van der Waals surface area contributed by atoms with Gasteiger partial charge in [0.25, 0.3) is 0 Å². The quantitative estimate of drug-likeness (QED) is 0.750. The number of aromatic nitrogens is 2. The average molecular weight is 228 g/mol. The molecule has 1 atom stereocenters. The van der Waals surface area contributed by atoms with E-state index in [4.69, 9.17) is 4.74 Å². The van der Waals surface area contributed by atoms with Crippen LogP contribution in [0.1, 0.15) is 18.9 Å². The Bertz CT molecular complexity index is 531. The third kappa shape index (κ3) is 1.71. The lowest BCUT2D eigenvalue weighted by Gasteiger charge is -2.21. The molecule has 1 aromatic carbocycles. The molecule has 2 aromatic rings. The van der Waals surface area contributed by atoms with Crippen LogP contribution in [0.5, 0.6) is 5.88 Å². The van der Waals surface area contributed by atoms with Crippen LogP contribution in [0.25, 0.3) is 11.3 Å². The lowest BCUT2D eigenvalue weighted by atomic mass is 10.1. The molecule has 0 aliphatic carbocycles. The van der Waals surface area contributed by atoms with E-state index in [1.54, 1.807) is 0 Å². The second-order valence-corrected chi connectivity index (χ2v) is 4.59. The molecule has 88 valence electrons. The largest absolute Gasteiger partial charge is 0.475 e. The Morgan fingerprint density at radius 2 is 2.06 bits per heavy atom. The highest BCUT2D eigenvalue weighted by molar-refractivity contribution is 5.65. The van der Waals surface area contributed by atoms with Gasteiger partial charge in [-0.1, -0.05) is 30.3 Å². The summed E-state index contributed by atoms with van der Waals surface area (Å²) in [6, 6.07) is 10.3. The first-order valence-electron chi connectivity index (χ1n) is 6.05. The van der Waals surface area contributed by atoms with E-state index < -0.39 is 0 Å². The molecule has 0 bridgehead atoms. The molecule has 0 N–H and O–H groups in total. The molecule has 3 heteroatoms. The van der Waals surface area contributed by atoms with Crippen LogP contribution in [0.3, 0.4) is 0 Å². The molecule has 0 saturated carbocycles. The fourth-order valence-corrected chi connectivity index (χ4v) is 2.26. The first kappa shape index (κ1) is 10.4. The van der Waals surface area contributed by atoms with Crippen LogP contribution in [-0.4, -0.2) is 15.9 Å². The Labute approximate surface area is 101 Å². The molecule has 0 saturated heterocycles. The van der Waals surface area contributed by atoms with Crippen LogP contribution in [0.15, 0.2) is 30.3 Å². The summed E-state index contributed by atoms with van der Waals surface area (Å²) in [5.41, 5.74) is 3.33. The summed E-state index contributed by atoms with van der Waals surface area (Å²) in [6.07, 6.45) is 1.32. The number of nitrogens with zero attached hydrogens (tertiary/aromatic N) is 2. The second-order valence-electron chi connectivity index (χ2n) is 4.59. The summed E-state index contributed by atoms with van der Waals surface area (Å²) in [4.78, 5) is 0. The Hall–Kier alpha value is -1.77. The van der Waals surface area contributed by atoms with Crippen LogP contribution in [0, 0.1) is 6.92 Å². The third-order valence-electron chi connectivity index (χ3n) is 3.24. The zero-order valence-electron chi connectivity index (χ0n) is 10.2. The molecule has 1 aliphatic heterocycles. The van der Waals surface area contributed by atoms with Gasteiger partial charge in [0.1, 0.15) is 0 Å². The summed E-state index contributed by atoms with van der Waals surface area (Å²) >= 11 is 0. The molecule has 2 heterocycles. The second kappa shape index (κ2) is 3.91. The summed E-state index contributed by atoms with van der Waals surface area (Å²) in [7, 11) is 0. The molecule has 0 spiro atoms. The van der Waals surface area contributed by atoms with Gasteiger partial charge in [0.15, 0.2) is 0 Å². The number of aryl methyl sites for hydroxylation is 1. The van der Waals surface area contributed by atoms with Crippen molar-refractivity contribution >= 4 is 0 Å². The minimum absolute atomic E-state index is 0.293. The van der Waals surface area contributed by atoms with Gasteiger partial charge in [-0.3, -0.25) is 0 Å². The Morgan fingerprint density at radius 3 is 2.82 bits per heavy atom. The smallest absolute Gasteiger partial charge is 0.215 e. The molecular formula is C14H16N2O. The molecule has 0 unspecified atom stereocenters. The summed E-state index contributed by atoms with van der Waals surface area (Å²) in [6.45, 7) is 5.14. The van der Waals surface area contributed by atoms with Crippen LogP contribution < -0.4 is 4.74 Å². The molecule has 1 aromatic heterocycles. The van der Waals surface area contributed by atoms with Gasteiger partial charge in [-0.2, -0.15) is 5.10 Å². The minimum atomic E-state index is 0.293. The number of fused-ring (bicyclic) bond motifs is 1. The van der Waals surface area contributed by atoms with E-state index in [2.05, 4.69) is 31.1 Å². The van der Waals surface area contributed by atoms with Gasteiger partial charge >= 0.3 is 0 Å². The van der Waals surface area contributed by atoms with E-state index in [0.29, 0.717) is 6.10 Å². The number of benzene rings is 1. The maximum Gasteiger partial charge on any atom is 0.215 e. The first-order chi connectivity index (χ1) is 8.25. The summed E-state index contributed by atoms with van der Waals surface area (Å²) in [5, 5.41) is 4.65. The summed E-state index contributed by atoms with van der Waals surface area (Å²) < 4.78 is 7.85. The van der Waals surface area contributed by atoms with Crippen molar-refractivity contribution in [2.75, 3.05) is 0 Å². The van der Waals surface area contributed by atoms with Gasteiger partial charge < -0.3 is 4.74 Å². The Balaban J connectivity index is 2.08. The van der Waals surface area contributed by atoms with Gasteiger partial charge in [-0.25, -0.2) is 4.68 Å². The lowest BCUT2D eigenvalue weighted by Crippen LogP contribution is -2.23. The monoisotopic (exact) mass is 228 g/mol. The molecule has 0 radical (unpaired) electrons. The van der Waals surface area contributed by atoms with E-state index in [9.17, 15) is 0 Å². The van der Waals surface area contributed by atoms with Gasteiger partial charge in [0.05, 0.1) is 11.8 Å². The first-order valence-corrected chi connectivity index (χ1v) is 6.05. The average Bonchev–Trinajstić information content (AvgIpc) is 2.68. The Kier molecular flexibility index (Phi) is 2.39. The van der Waals surface area contributed by atoms with Crippen molar-refractivity contribution in [3.8, 4) is 17.1 Å². The predicted octanol–water partition coefficient (Wildman–Crippen LogP) is 3.03. The van der Waals surface area contributed by atoms with E-state index in [-0.39, 0.29) is 0 Å². The highest BCUT2D eigenvalue weighted by Crippen LogP contribution is 2.32. The molecule has 17 heavy (non-hydrogen) atoms. The lowest BCUT2D eigenvalue weighted by molar-refractivity contribution is 0.148. The fraction of sp³-hybridized carbons (Fsp3) is 0.357. The molecule has 3 rings (SSSR count). The number of rotatable bonds is 1. The standard InChI is InChI=1S/C14H16N2O/c1-10-8-9-16-14(17-10)11(2)13(15-16)12-6-4-3-5-7-12/h3-7,10H,8-9H2,1-2H3/t10-/m1/s1. The molecule has 1 aliphatic rings. The molecule has 3 nitrogen and oxygen atoms in total. The highest BCUT2D eigenvalue weighted by Gasteiger charge is 2.22. The summed E-state index contributed by atoms with van der Waals surface area (Å²) in [5.74, 6) is 0.933. The zero-order chi connectivity index (χ0) is 11.8. The van der Waals surface area contributed by atoms with Crippen LogP contribution >= 0.6 is 0 Å². The minimum Gasteiger partial charge on any atom is -0.475 e. The number of hydrogen-bond acceptors (Lipinski definition) is 2. The fourth-order valence-electron chi connectivity index (χ4n) is 2.26. The van der Waals surface area contributed by atoms with Crippen molar-refractivity contribution in [1.29, 1.82) is 0 Å². The van der Waals surface area contributed by atoms with Crippen LogP contribution in [-0.2, 0) is 6.54 Å². The predicted molar refractivity (Wildman–Crippen MR) is 67.1 cm³/mol. The SMILES string of the molecule is Cc1c(-c2ccccc2)nn2c1O[C@H](C)CC2. The molecular weight excluding hydrogens is 212 g/mol. The van der Waals surface area contributed by atoms with Gasteiger partial charge in [-0.15, -0.1) is 0 Å². The van der Waals surface area contributed by atoms with Crippen molar-refractivity contribution in [1.82, 2.24) is 9.78 Å². The molecule has 0 amide bonds. The van der Waals surface area contributed by atoms with Crippen molar-refractivity contribution in [3.05, 3.63) is 35.9 Å². The number of hydrogen-bond donors (Lipinski definition) is 0. The Morgan fingerprint density at radius 1 is 1.29 bits per heavy atom. The van der Waals surface area contributed by atoms with E-state index in [1.165, 1.54) is 0 Å².